The minimum atomic E-state index is 0.921. The largest absolute Gasteiger partial charge is 0.447 e. The van der Waals surface area contributed by atoms with Gasteiger partial charge in [0.15, 0.2) is 0 Å². The highest BCUT2D eigenvalue weighted by atomic mass is 16.3. The second kappa shape index (κ2) is 4.02. The number of benzene rings is 3. The first-order chi connectivity index (χ1) is 12.8. The van der Waals surface area contributed by atoms with Crippen LogP contribution < -0.4 is 0 Å². The lowest BCUT2D eigenvalue weighted by molar-refractivity contribution is 0.601. The van der Waals surface area contributed by atoms with Crippen molar-refractivity contribution in [2.75, 3.05) is 0 Å². The Hall–Kier alpha value is -3.46. The molecule has 0 spiro atoms. The zero-order valence-electron chi connectivity index (χ0n) is 14.2. The average molecular weight is 334 g/mol. The maximum Gasteiger partial charge on any atom is 0.212 e. The normalized spacial score (nSPS) is 12.8. The molecule has 0 aliphatic carbocycles. The number of aryl methyl sites for hydroxylation is 1. The third kappa shape index (κ3) is 1.21. The van der Waals surface area contributed by atoms with Crippen LogP contribution in [0.4, 0.5) is 0 Å². The predicted octanol–water partition coefficient (Wildman–Crippen LogP) is 6.07. The standard InChI is InChI=1S/C23H14N2O/c1-24-17-8-3-5-13-14-6-2-7-15-16-11-12-26-23(16)25(22(14)15)19-10-4-9-18(24)21(19)20(13)17/h2-12H,1H3. The highest BCUT2D eigenvalue weighted by Gasteiger charge is 2.20. The van der Waals surface area contributed by atoms with Crippen LogP contribution in [0.15, 0.2) is 71.3 Å². The van der Waals surface area contributed by atoms with E-state index >= 15 is 0 Å². The van der Waals surface area contributed by atoms with Crippen LogP contribution in [0.1, 0.15) is 0 Å². The molecule has 0 aliphatic heterocycles. The molecule has 7 rings (SSSR count). The SMILES string of the molecule is Cn1c2cccc3c4cccc5c6ccoc6n(c6cccc1c6c32)c45. The Labute approximate surface area is 148 Å². The van der Waals surface area contributed by atoms with Gasteiger partial charge in [0.05, 0.1) is 22.8 Å². The summed E-state index contributed by atoms with van der Waals surface area (Å²) >= 11 is 0. The molecule has 0 bridgehead atoms. The summed E-state index contributed by atoms with van der Waals surface area (Å²) < 4.78 is 10.6. The quantitative estimate of drug-likeness (QED) is 0.330. The van der Waals surface area contributed by atoms with Gasteiger partial charge < -0.3 is 8.98 Å². The molecule has 0 atom stereocenters. The zero-order valence-corrected chi connectivity index (χ0v) is 14.2. The molecule has 0 fully saturated rings. The first-order valence-electron chi connectivity index (χ1n) is 8.86. The Balaban J connectivity index is 2.08. The van der Waals surface area contributed by atoms with E-state index in [1.54, 1.807) is 6.26 Å². The number of nitrogens with zero attached hydrogens (tertiary/aromatic N) is 2. The van der Waals surface area contributed by atoms with Gasteiger partial charge in [-0.3, -0.25) is 4.40 Å². The summed E-state index contributed by atoms with van der Waals surface area (Å²) in [5.41, 5.74) is 5.87. The molecule has 122 valence electrons. The van der Waals surface area contributed by atoms with Gasteiger partial charge >= 0.3 is 0 Å². The van der Waals surface area contributed by atoms with Gasteiger partial charge in [0.1, 0.15) is 0 Å². The van der Waals surface area contributed by atoms with Gasteiger partial charge in [-0.25, -0.2) is 0 Å². The maximum absolute atomic E-state index is 5.96. The van der Waals surface area contributed by atoms with Gasteiger partial charge in [-0.05, 0) is 29.7 Å². The van der Waals surface area contributed by atoms with Crippen LogP contribution >= 0.6 is 0 Å². The van der Waals surface area contributed by atoms with Gasteiger partial charge in [-0.15, -0.1) is 0 Å². The fraction of sp³-hybridized carbons (Fsp3) is 0.0435. The van der Waals surface area contributed by atoms with Crippen molar-refractivity contribution in [1.82, 2.24) is 8.97 Å². The number of rotatable bonds is 0. The predicted molar refractivity (Wildman–Crippen MR) is 107 cm³/mol. The van der Waals surface area contributed by atoms with Gasteiger partial charge in [0, 0.05) is 39.5 Å². The lowest BCUT2D eigenvalue weighted by atomic mass is 10.0. The number of aromatic nitrogens is 2. The molecule has 4 aromatic heterocycles. The Morgan fingerprint density at radius 2 is 1.31 bits per heavy atom. The molecule has 3 nitrogen and oxygen atoms in total. The third-order valence-electron chi connectivity index (χ3n) is 5.96. The van der Waals surface area contributed by atoms with Gasteiger partial charge in [-0.2, -0.15) is 0 Å². The molecule has 3 aromatic carbocycles. The van der Waals surface area contributed by atoms with E-state index < -0.39 is 0 Å². The van der Waals surface area contributed by atoms with Crippen molar-refractivity contribution in [1.29, 1.82) is 0 Å². The summed E-state index contributed by atoms with van der Waals surface area (Å²) in [5.74, 6) is 0. The first-order valence-corrected chi connectivity index (χ1v) is 8.86. The van der Waals surface area contributed by atoms with Gasteiger partial charge in [-0.1, -0.05) is 36.4 Å². The molecule has 0 saturated carbocycles. The zero-order chi connectivity index (χ0) is 17.0. The summed E-state index contributed by atoms with van der Waals surface area (Å²) in [7, 11) is 2.15. The van der Waals surface area contributed by atoms with Crippen LogP contribution in [0.5, 0.6) is 0 Å². The molecule has 0 radical (unpaired) electrons. The van der Waals surface area contributed by atoms with Crippen molar-refractivity contribution < 1.29 is 4.42 Å². The number of fused-ring (bicyclic) bond motifs is 5. The second-order valence-corrected chi connectivity index (χ2v) is 7.11. The molecule has 0 unspecified atom stereocenters. The van der Waals surface area contributed by atoms with Crippen LogP contribution in [-0.2, 0) is 7.05 Å². The van der Waals surface area contributed by atoms with Crippen LogP contribution in [0, 0.1) is 0 Å². The van der Waals surface area contributed by atoms with Crippen LogP contribution in [0.3, 0.4) is 0 Å². The van der Waals surface area contributed by atoms with Crippen molar-refractivity contribution in [3.05, 3.63) is 66.9 Å². The molecule has 0 aliphatic rings. The smallest absolute Gasteiger partial charge is 0.212 e. The lowest BCUT2D eigenvalue weighted by Gasteiger charge is -2.03. The van der Waals surface area contributed by atoms with E-state index in [0.29, 0.717) is 0 Å². The van der Waals surface area contributed by atoms with Crippen LogP contribution in [-0.4, -0.2) is 8.97 Å². The molecule has 0 N–H and O–H groups in total. The Kier molecular flexibility index (Phi) is 1.99. The molecule has 0 amide bonds. The van der Waals surface area contributed by atoms with Crippen molar-refractivity contribution in [3.63, 3.8) is 0 Å². The van der Waals surface area contributed by atoms with Crippen molar-refractivity contribution in [2.24, 2.45) is 7.05 Å². The van der Waals surface area contributed by atoms with Crippen molar-refractivity contribution in [2.45, 2.75) is 0 Å². The Bertz CT molecular complexity index is 1640. The van der Waals surface area contributed by atoms with E-state index in [-0.39, 0.29) is 0 Å². The molecule has 3 heteroatoms. The van der Waals surface area contributed by atoms with Crippen molar-refractivity contribution in [3.8, 4) is 0 Å². The lowest BCUT2D eigenvalue weighted by Crippen LogP contribution is -1.88. The summed E-state index contributed by atoms with van der Waals surface area (Å²) in [5, 5.41) is 7.61. The topological polar surface area (TPSA) is 22.5 Å². The van der Waals surface area contributed by atoms with Crippen molar-refractivity contribution >= 4 is 60.1 Å². The highest BCUT2D eigenvalue weighted by Crippen LogP contribution is 2.42. The molecule has 26 heavy (non-hydrogen) atoms. The monoisotopic (exact) mass is 334 g/mol. The number of hydrogen-bond acceptors (Lipinski definition) is 1. The minimum absolute atomic E-state index is 0.921. The fourth-order valence-corrected chi connectivity index (χ4v) is 4.92. The number of furan rings is 1. The van der Waals surface area contributed by atoms with E-state index in [9.17, 15) is 0 Å². The minimum Gasteiger partial charge on any atom is -0.447 e. The maximum atomic E-state index is 5.96. The second-order valence-electron chi connectivity index (χ2n) is 7.11. The van der Waals surface area contributed by atoms with Crippen LogP contribution in [0.25, 0.3) is 60.1 Å². The molecule has 7 aromatic rings. The molecule has 0 saturated heterocycles. The molecule has 4 heterocycles. The molecular weight excluding hydrogens is 320 g/mol. The number of hydrogen-bond donors (Lipinski definition) is 0. The average Bonchev–Trinajstić information content (AvgIpc) is 3.31. The summed E-state index contributed by atoms with van der Waals surface area (Å²) in [6.45, 7) is 0. The van der Waals surface area contributed by atoms with E-state index in [2.05, 4.69) is 76.7 Å². The molecular formula is C23H14N2O. The van der Waals surface area contributed by atoms with E-state index in [0.717, 1.165) is 5.71 Å². The Morgan fingerprint density at radius 1 is 0.654 bits per heavy atom. The summed E-state index contributed by atoms with van der Waals surface area (Å²) in [6, 6.07) is 21.9. The van der Waals surface area contributed by atoms with Gasteiger partial charge in [0.2, 0.25) is 5.71 Å². The summed E-state index contributed by atoms with van der Waals surface area (Å²) in [4.78, 5) is 0. The van der Waals surface area contributed by atoms with E-state index in [1.165, 1.54) is 54.4 Å². The van der Waals surface area contributed by atoms with E-state index in [4.69, 9.17) is 4.42 Å². The van der Waals surface area contributed by atoms with Gasteiger partial charge in [0.25, 0.3) is 0 Å². The summed E-state index contributed by atoms with van der Waals surface area (Å²) in [6.07, 6.45) is 1.79. The first kappa shape index (κ1) is 12.8. The fourth-order valence-electron chi connectivity index (χ4n) is 4.92. The van der Waals surface area contributed by atoms with E-state index in [1.807, 2.05) is 0 Å². The third-order valence-corrected chi connectivity index (χ3v) is 5.96. The highest BCUT2D eigenvalue weighted by molar-refractivity contribution is 6.30. The Morgan fingerprint density at radius 3 is 2.19 bits per heavy atom. The van der Waals surface area contributed by atoms with Crippen LogP contribution in [0.2, 0.25) is 0 Å². The number of para-hydroxylation sites is 1.